The molecule has 190 valence electrons. The molecule has 8 heteroatoms. The number of nitrogens with zero attached hydrogens (tertiary/aromatic N) is 2. The third-order valence-corrected chi connectivity index (χ3v) is 8.41. The van der Waals surface area contributed by atoms with Crippen LogP contribution in [0.2, 0.25) is 0 Å². The van der Waals surface area contributed by atoms with Gasteiger partial charge in [0.05, 0.1) is 17.7 Å². The SMILES string of the molecule is COc1ccc(S(=O)(=O)N(C)c2ccc(C(=O)NCc3ccccc3CN3CCCCC3)cc2)cc1. The molecule has 1 fully saturated rings. The van der Waals surface area contributed by atoms with Gasteiger partial charge in [0.1, 0.15) is 5.75 Å². The summed E-state index contributed by atoms with van der Waals surface area (Å²) in [5.74, 6) is 0.385. The number of rotatable bonds is 9. The summed E-state index contributed by atoms with van der Waals surface area (Å²) < 4.78 is 32.3. The van der Waals surface area contributed by atoms with Crippen molar-refractivity contribution >= 4 is 21.6 Å². The van der Waals surface area contributed by atoms with Gasteiger partial charge in [-0.15, -0.1) is 0 Å². The molecular weight excluding hydrogens is 474 g/mol. The molecule has 0 atom stereocenters. The lowest BCUT2D eigenvalue weighted by Crippen LogP contribution is -2.30. The fraction of sp³-hybridized carbons (Fsp3) is 0.321. The average molecular weight is 508 g/mol. The summed E-state index contributed by atoms with van der Waals surface area (Å²) in [6.45, 7) is 3.58. The van der Waals surface area contributed by atoms with Crippen molar-refractivity contribution < 1.29 is 17.9 Å². The Kier molecular flexibility index (Phi) is 8.28. The molecule has 0 radical (unpaired) electrons. The summed E-state index contributed by atoms with van der Waals surface area (Å²) in [6, 6.07) is 21.0. The molecule has 3 aromatic carbocycles. The van der Waals surface area contributed by atoms with Gasteiger partial charge in [0.2, 0.25) is 0 Å². The van der Waals surface area contributed by atoms with E-state index in [0.717, 1.165) is 25.2 Å². The van der Waals surface area contributed by atoms with Crippen LogP contribution < -0.4 is 14.4 Å². The summed E-state index contributed by atoms with van der Waals surface area (Å²) >= 11 is 0. The summed E-state index contributed by atoms with van der Waals surface area (Å²) in [7, 11) is -0.717. The number of hydrogen-bond acceptors (Lipinski definition) is 5. The first-order valence-electron chi connectivity index (χ1n) is 12.2. The normalized spacial score (nSPS) is 14.3. The highest BCUT2D eigenvalue weighted by molar-refractivity contribution is 7.92. The van der Waals surface area contributed by atoms with Gasteiger partial charge in [0, 0.05) is 25.7 Å². The molecule has 1 heterocycles. The number of amides is 1. The minimum absolute atomic E-state index is 0.163. The Morgan fingerprint density at radius 2 is 1.56 bits per heavy atom. The Balaban J connectivity index is 1.39. The van der Waals surface area contributed by atoms with Crippen LogP contribution in [0.3, 0.4) is 0 Å². The monoisotopic (exact) mass is 507 g/mol. The quantitative estimate of drug-likeness (QED) is 0.463. The molecule has 0 spiro atoms. The van der Waals surface area contributed by atoms with Crippen LogP contribution in [0.15, 0.2) is 77.7 Å². The molecule has 3 aromatic rings. The van der Waals surface area contributed by atoms with Crippen LogP contribution in [0, 0.1) is 0 Å². The Hall–Kier alpha value is -3.36. The molecule has 0 unspecified atom stereocenters. The van der Waals surface area contributed by atoms with Crippen LogP contribution in [-0.4, -0.2) is 46.5 Å². The second-order valence-corrected chi connectivity index (χ2v) is 11.0. The highest BCUT2D eigenvalue weighted by Gasteiger charge is 2.21. The third kappa shape index (κ3) is 6.06. The number of anilines is 1. The molecule has 1 aliphatic heterocycles. The summed E-state index contributed by atoms with van der Waals surface area (Å²) in [6.07, 6.45) is 3.78. The van der Waals surface area contributed by atoms with Crippen LogP contribution >= 0.6 is 0 Å². The van der Waals surface area contributed by atoms with Crippen molar-refractivity contribution in [2.45, 2.75) is 37.2 Å². The third-order valence-electron chi connectivity index (χ3n) is 6.61. The molecule has 0 aliphatic carbocycles. The molecular formula is C28H33N3O4S. The largest absolute Gasteiger partial charge is 0.497 e. The van der Waals surface area contributed by atoms with Crippen molar-refractivity contribution in [3.05, 3.63) is 89.5 Å². The Labute approximate surface area is 213 Å². The molecule has 0 bridgehead atoms. The van der Waals surface area contributed by atoms with Gasteiger partial charge in [-0.25, -0.2) is 8.42 Å². The van der Waals surface area contributed by atoms with E-state index in [1.165, 1.54) is 55.4 Å². The minimum Gasteiger partial charge on any atom is -0.497 e. The fourth-order valence-corrected chi connectivity index (χ4v) is 5.58. The number of benzene rings is 3. The van der Waals surface area contributed by atoms with Gasteiger partial charge < -0.3 is 10.1 Å². The highest BCUT2D eigenvalue weighted by Crippen LogP contribution is 2.24. The van der Waals surface area contributed by atoms with E-state index in [2.05, 4.69) is 22.3 Å². The number of piperidine rings is 1. The molecule has 4 rings (SSSR count). The summed E-state index contributed by atoms with van der Waals surface area (Å²) in [5.41, 5.74) is 3.29. The number of nitrogens with one attached hydrogen (secondary N) is 1. The maximum absolute atomic E-state index is 13.0. The fourth-order valence-electron chi connectivity index (χ4n) is 4.39. The molecule has 1 N–H and O–H groups in total. The van der Waals surface area contributed by atoms with Gasteiger partial charge in [0.25, 0.3) is 15.9 Å². The first-order valence-corrected chi connectivity index (χ1v) is 13.6. The zero-order chi connectivity index (χ0) is 25.5. The Morgan fingerprint density at radius 3 is 2.19 bits per heavy atom. The highest BCUT2D eigenvalue weighted by atomic mass is 32.2. The molecule has 1 aliphatic rings. The zero-order valence-electron chi connectivity index (χ0n) is 20.8. The van der Waals surface area contributed by atoms with Crippen LogP contribution in [0.5, 0.6) is 5.75 Å². The second kappa shape index (κ2) is 11.6. The van der Waals surface area contributed by atoms with Crippen molar-refractivity contribution in [1.82, 2.24) is 10.2 Å². The second-order valence-electron chi connectivity index (χ2n) is 8.98. The van der Waals surface area contributed by atoms with Crippen molar-refractivity contribution in [2.75, 3.05) is 31.6 Å². The minimum atomic E-state index is -3.74. The number of sulfonamides is 1. The van der Waals surface area contributed by atoms with Gasteiger partial charge in [0.15, 0.2) is 0 Å². The van der Waals surface area contributed by atoms with Gasteiger partial charge in [-0.2, -0.15) is 0 Å². The lowest BCUT2D eigenvalue weighted by molar-refractivity contribution is 0.0950. The zero-order valence-corrected chi connectivity index (χ0v) is 21.6. The van der Waals surface area contributed by atoms with Crippen molar-refractivity contribution in [3.8, 4) is 5.75 Å². The van der Waals surface area contributed by atoms with E-state index in [-0.39, 0.29) is 10.8 Å². The Morgan fingerprint density at radius 1 is 0.917 bits per heavy atom. The molecule has 0 saturated carbocycles. The van der Waals surface area contributed by atoms with Crippen LogP contribution in [0.1, 0.15) is 40.7 Å². The van der Waals surface area contributed by atoms with Crippen LogP contribution in [0.25, 0.3) is 0 Å². The number of carbonyl (C=O) groups is 1. The van der Waals surface area contributed by atoms with Crippen molar-refractivity contribution in [3.63, 3.8) is 0 Å². The smallest absolute Gasteiger partial charge is 0.264 e. The number of carbonyl (C=O) groups excluding carboxylic acids is 1. The Bertz CT molecular complexity index is 1270. The predicted octanol–water partition coefficient (Wildman–Crippen LogP) is 4.44. The van der Waals surface area contributed by atoms with E-state index in [4.69, 9.17) is 4.74 Å². The number of ether oxygens (including phenoxy) is 1. The lowest BCUT2D eigenvalue weighted by atomic mass is 10.0. The molecule has 0 aromatic heterocycles. The van der Waals surface area contributed by atoms with Gasteiger partial charge in [-0.3, -0.25) is 14.0 Å². The van der Waals surface area contributed by atoms with Gasteiger partial charge in [-0.05, 0) is 85.6 Å². The average Bonchev–Trinajstić information content (AvgIpc) is 2.92. The van der Waals surface area contributed by atoms with E-state index in [9.17, 15) is 13.2 Å². The number of likely N-dealkylation sites (tertiary alicyclic amines) is 1. The van der Waals surface area contributed by atoms with Gasteiger partial charge >= 0.3 is 0 Å². The van der Waals surface area contributed by atoms with E-state index in [1.54, 1.807) is 36.4 Å². The first-order chi connectivity index (χ1) is 17.4. The first kappa shape index (κ1) is 25.7. The van der Waals surface area contributed by atoms with Crippen molar-refractivity contribution in [2.24, 2.45) is 0 Å². The number of hydrogen-bond donors (Lipinski definition) is 1. The molecule has 1 amide bonds. The van der Waals surface area contributed by atoms with Gasteiger partial charge in [-0.1, -0.05) is 30.7 Å². The van der Waals surface area contributed by atoms with E-state index in [0.29, 0.717) is 23.5 Å². The predicted molar refractivity (Wildman–Crippen MR) is 142 cm³/mol. The maximum atomic E-state index is 13.0. The maximum Gasteiger partial charge on any atom is 0.264 e. The standard InChI is InChI=1S/C28H33N3O4S/c1-30(36(33,34)27-16-14-26(35-2)15-17-27)25-12-10-22(11-13-25)28(32)29-20-23-8-4-5-9-24(23)21-31-18-6-3-7-19-31/h4-5,8-17H,3,6-7,18-21H2,1-2H3,(H,29,32). The summed E-state index contributed by atoms with van der Waals surface area (Å²) in [4.78, 5) is 15.4. The molecule has 7 nitrogen and oxygen atoms in total. The van der Waals surface area contributed by atoms with Crippen LogP contribution in [-0.2, 0) is 23.1 Å². The number of methoxy groups -OCH3 is 1. The van der Waals surface area contributed by atoms with E-state index < -0.39 is 10.0 Å². The van der Waals surface area contributed by atoms with Crippen LogP contribution in [0.4, 0.5) is 5.69 Å². The topological polar surface area (TPSA) is 79.0 Å². The summed E-state index contributed by atoms with van der Waals surface area (Å²) in [5, 5.41) is 3.01. The molecule has 1 saturated heterocycles. The molecule has 36 heavy (non-hydrogen) atoms. The lowest BCUT2D eigenvalue weighted by Gasteiger charge is -2.27. The van der Waals surface area contributed by atoms with E-state index >= 15 is 0 Å². The van der Waals surface area contributed by atoms with Crippen molar-refractivity contribution in [1.29, 1.82) is 0 Å². The van der Waals surface area contributed by atoms with E-state index in [1.807, 2.05) is 12.1 Å².